The van der Waals surface area contributed by atoms with Gasteiger partial charge in [-0.25, -0.2) is 13.4 Å². The number of likely N-dealkylation sites (tertiary alicyclic amines) is 1. The van der Waals surface area contributed by atoms with Gasteiger partial charge in [0.1, 0.15) is 10.8 Å². The molecule has 0 aliphatic carbocycles. The van der Waals surface area contributed by atoms with Crippen LogP contribution in [0.25, 0.3) is 9.88 Å². The molecule has 32 heavy (non-hydrogen) atoms. The van der Waals surface area contributed by atoms with Crippen LogP contribution in [0.3, 0.4) is 0 Å². The molecule has 3 aromatic rings. The molecule has 170 valence electrons. The summed E-state index contributed by atoms with van der Waals surface area (Å²) in [5.74, 6) is 0.658. The number of benzene rings is 1. The van der Waals surface area contributed by atoms with Crippen molar-refractivity contribution < 1.29 is 17.9 Å². The maximum Gasteiger partial charge on any atom is 0.253 e. The summed E-state index contributed by atoms with van der Waals surface area (Å²) in [7, 11) is -1.83. The molecule has 0 atom stereocenters. The lowest BCUT2D eigenvalue weighted by Crippen LogP contribution is -2.48. The minimum Gasteiger partial charge on any atom is -0.497 e. The van der Waals surface area contributed by atoms with Crippen molar-refractivity contribution in [3.05, 3.63) is 58.4 Å². The summed E-state index contributed by atoms with van der Waals surface area (Å²) in [6, 6.07) is 10.9. The van der Waals surface area contributed by atoms with Crippen molar-refractivity contribution in [2.45, 2.75) is 25.4 Å². The van der Waals surface area contributed by atoms with Crippen LogP contribution in [0.15, 0.2) is 47.2 Å². The lowest BCUT2D eigenvalue weighted by atomic mass is 10.0. The molecule has 0 N–H and O–H groups in total. The number of amides is 1. The third-order valence-electron chi connectivity index (χ3n) is 5.52. The van der Waals surface area contributed by atoms with E-state index in [0.29, 0.717) is 37.2 Å². The second-order valence-corrected chi connectivity index (χ2v) is 11.4. The van der Waals surface area contributed by atoms with Crippen molar-refractivity contribution in [3.63, 3.8) is 0 Å². The smallest absolute Gasteiger partial charge is 0.253 e. The molecular formula is C22H25N3O4S3. The van der Waals surface area contributed by atoms with Crippen molar-refractivity contribution in [1.29, 1.82) is 0 Å². The number of carbonyl (C=O) groups is 1. The Labute approximate surface area is 196 Å². The first-order chi connectivity index (χ1) is 15.3. The fourth-order valence-electron chi connectivity index (χ4n) is 3.84. The Hall–Kier alpha value is -2.27. The average molecular weight is 492 g/mol. The van der Waals surface area contributed by atoms with Gasteiger partial charge in [-0.3, -0.25) is 4.79 Å². The van der Waals surface area contributed by atoms with Crippen LogP contribution in [0.5, 0.6) is 5.75 Å². The largest absolute Gasteiger partial charge is 0.497 e. The van der Waals surface area contributed by atoms with Crippen LogP contribution in [0.2, 0.25) is 0 Å². The van der Waals surface area contributed by atoms with Crippen LogP contribution >= 0.6 is 22.7 Å². The van der Waals surface area contributed by atoms with Gasteiger partial charge in [-0.05, 0) is 48.6 Å². The predicted molar refractivity (Wildman–Crippen MR) is 128 cm³/mol. The molecule has 0 spiro atoms. The zero-order valence-corrected chi connectivity index (χ0v) is 20.4. The molecule has 0 radical (unpaired) electrons. The van der Waals surface area contributed by atoms with Gasteiger partial charge in [0, 0.05) is 30.1 Å². The highest BCUT2D eigenvalue weighted by Gasteiger charge is 2.32. The molecule has 0 unspecified atom stereocenters. The zero-order valence-electron chi connectivity index (χ0n) is 17.9. The monoisotopic (exact) mass is 491 g/mol. The normalized spacial score (nSPS) is 15.3. The minimum atomic E-state index is -3.42. The van der Waals surface area contributed by atoms with Crippen molar-refractivity contribution in [3.8, 4) is 15.6 Å². The van der Waals surface area contributed by atoms with Crippen molar-refractivity contribution in [2.75, 3.05) is 26.5 Å². The number of nitrogens with zero attached hydrogens (tertiary/aromatic N) is 3. The zero-order chi connectivity index (χ0) is 22.7. The second kappa shape index (κ2) is 9.70. The van der Waals surface area contributed by atoms with E-state index in [1.165, 1.54) is 21.9 Å². The lowest BCUT2D eigenvalue weighted by Gasteiger charge is -2.37. The quantitative estimate of drug-likeness (QED) is 0.500. The summed E-state index contributed by atoms with van der Waals surface area (Å²) in [6.45, 7) is 1.27. The maximum atomic E-state index is 12.8. The van der Waals surface area contributed by atoms with Gasteiger partial charge in [-0.2, -0.15) is 4.31 Å². The van der Waals surface area contributed by atoms with E-state index in [0.717, 1.165) is 15.6 Å². The first kappa shape index (κ1) is 22.9. The number of aromatic nitrogens is 1. The molecule has 1 amide bonds. The van der Waals surface area contributed by atoms with Gasteiger partial charge in [0.05, 0.1) is 30.5 Å². The average Bonchev–Trinajstić information content (AvgIpc) is 3.48. The van der Waals surface area contributed by atoms with E-state index in [-0.39, 0.29) is 18.5 Å². The highest BCUT2D eigenvalue weighted by molar-refractivity contribution is 7.88. The van der Waals surface area contributed by atoms with Gasteiger partial charge < -0.3 is 9.64 Å². The molecular weight excluding hydrogens is 466 g/mol. The third kappa shape index (κ3) is 5.20. The molecule has 0 saturated carbocycles. The van der Waals surface area contributed by atoms with E-state index in [1.54, 1.807) is 47.6 Å². The molecule has 7 nitrogen and oxygen atoms in total. The lowest BCUT2D eigenvalue weighted by molar-refractivity contribution is 0.0676. The number of thiophene rings is 1. The summed E-state index contributed by atoms with van der Waals surface area (Å²) in [5.41, 5.74) is 1.35. The second-order valence-electron chi connectivity index (χ2n) is 7.68. The SMILES string of the molecule is COc1ccc(C(=O)N2CCC(N(Cc3csc(-c4cccs4)n3)S(C)(=O)=O)CC2)cc1. The molecule has 1 aromatic carbocycles. The molecule has 3 heterocycles. The molecule has 10 heteroatoms. The third-order valence-corrected chi connectivity index (χ3v) is 8.73. The van der Waals surface area contributed by atoms with Crippen molar-refractivity contribution >= 4 is 38.6 Å². The minimum absolute atomic E-state index is 0.0444. The van der Waals surface area contributed by atoms with Crippen molar-refractivity contribution in [1.82, 2.24) is 14.2 Å². The Balaban J connectivity index is 1.41. The Kier molecular flexibility index (Phi) is 6.94. The summed E-state index contributed by atoms with van der Waals surface area (Å²) >= 11 is 3.14. The van der Waals surface area contributed by atoms with Gasteiger partial charge in [0.15, 0.2) is 0 Å². The molecule has 1 saturated heterocycles. The Morgan fingerprint density at radius 2 is 1.91 bits per heavy atom. The van der Waals surface area contributed by atoms with Crippen LogP contribution in [0.4, 0.5) is 0 Å². The summed E-state index contributed by atoms with van der Waals surface area (Å²) < 4.78 is 31.8. The number of carbonyl (C=O) groups excluding carboxylic acids is 1. The van der Waals surface area contributed by atoms with Gasteiger partial charge >= 0.3 is 0 Å². The number of rotatable bonds is 7. The number of methoxy groups -OCH3 is 1. The molecule has 4 rings (SSSR count). The Bertz CT molecular complexity index is 1150. The van der Waals surface area contributed by atoms with E-state index < -0.39 is 10.0 Å². The highest BCUT2D eigenvalue weighted by atomic mass is 32.2. The topological polar surface area (TPSA) is 79.8 Å². The van der Waals surface area contributed by atoms with Gasteiger partial charge in [0.2, 0.25) is 10.0 Å². The van der Waals surface area contributed by atoms with Gasteiger partial charge in [0.25, 0.3) is 5.91 Å². The standard InChI is InChI=1S/C22H25N3O4S3/c1-29-19-7-5-16(6-8-19)22(26)24-11-9-18(10-12-24)25(32(2,27)28)14-17-15-31-21(23-17)20-4-3-13-30-20/h3-8,13,15,18H,9-12,14H2,1-2H3. The maximum absolute atomic E-state index is 12.8. The Morgan fingerprint density at radius 3 is 2.50 bits per heavy atom. The number of sulfonamides is 1. The molecule has 1 fully saturated rings. The number of piperidine rings is 1. The van der Waals surface area contributed by atoms with Crippen molar-refractivity contribution in [2.24, 2.45) is 0 Å². The molecule has 1 aliphatic heterocycles. The summed E-state index contributed by atoms with van der Waals surface area (Å²) in [5, 5.41) is 4.83. The fraction of sp³-hybridized carbons (Fsp3) is 0.364. The first-order valence-corrected chi connectivity index (χ1v) is 13.8. The number of ether oxygens (including phenoxy) is 1. The number of hydrogen-bond donors (Lipinski definition) is 0. The van der Waals surface area contributed by atoms with Gasteiger partial charge in [-0.15, -0.1) is 22.7 Å². The van der Waals surface area contributed by atoms with Crippen LogP contribution < -0.4 is 4.74 Å². The van der Waals surface area contributed by atoms with Gasteiger partial charge in [-0.1, -0.05) is 6.07 Å². The molecule has 1 aliphatic rings. The molecule has 0 bridgehead atoms. The fourth-order valence-corrected chi connectivity index (χ4v) is 6.59. The Morgan fingerprint density at radius 1 is 1.19 bits per heavy atom. The van der Waals surface area contributed by atoms with E-state index in [4.69, 9.17) is 4.74 Å². The van der Waals surface area contributed by atoms with E-state index in [1.807, 2.05) is 22.9 Å². The van der Waals surface area contributed by atoms with E-state index >= 15 is 0 Å². The predicted octanol–water partition coefficient (Wildman–Crippen LogP) is 3.95. The van der Waals surface area contributed by atoms with Crippen LogP contribution in [-0.4, -0.2) is 61.0 Å². The van der Waals surface area contributed by atoms with Crippen LogP contribution in [0.1, 0.15) is 28.9 Å². The number of hydrogen-bond acceptors (Lipinski definition) is 7. The summed E-state index contributed by atoms with van der Waals surface area (Å²) in [6.07, 6.45) is 2.43. The first-order valence-electron chi connectivity index (χ1n) is 10.2. The number of thiazole rings is 1. The highest BCUT2D eigenvalue weighted by Crippen LogP contribution is 2.29. The van der Waals surface area contributed by atoms with E-state index in [2.05, 4.69) is 4.98 Å². The van der Waals surface area contributed by atoms with Crippen LogP contribution in [0, 0.1) is 0 Å². The summed E-state index contributed by atoms with van der Waals surface area (Å²) in [4.78, 5) is 20.3. The molecule has 2 aromatic heterocycles. The van der Waals surface area contributed by atoms with Crippen LogP contribution in [-0.2, 0) is 16.6 Å². The van der Waals surface area contributed by atoms with E-state index in [9.17, 15) is 13.2 Å².